The van der Waals surface area contributed by atoms with Gasteiger partial charge in [-0.3, -0.25) is 9.59 Å². The van der Waals surface area contributed by atoms with Gasteiger partial charge in [0.15, 0.2) is 11.2 Å². The number of Topliss-reactive ketones (excluding diaryl/α,β-unsaturated/α-hetero) is 1. The Hall–Kier alpha value is -2.14. The maximum Gasteiger partial charge on any atom is 0.252 e. The largest absolute Gasteiger partial charge is 0.300 e. The van der Waals surface area contributed by atoms with E-state index in [1.165, 1.54) is 24.6 Å². The summed E-state index contributed by atoms with van der Waals surface area (Å²) in [6, 6.07) is 5.47. The molecule has 0 aliphatic carbocycles. The summed E-state index contributed by atoms with van der Waals surface area (Å²) in [4.78, 5) is 29.4. The van der Waals surface area contributed by atoms with Crippen molar-refractivity contribution in [3.05, 3.63) is 40.7 Å². The number of nitrogens with one attached hydrogen (secondary N) is 1. The lowest BCUT2D eigenvalue weighted by Crippen LogP contribution is -2.52. The smallest absolute Gasteiger partial charge is 0.252 e. The van der Waals surface area contributed by atoms with Crippen molar-refractivity contribution in [1.82, 2.24) is 9.29 Å². The maximum absolute atomic E-state index is 12.9. The first kappa shape index (κ1) is 16.3. The minimum atomic E-state index is -3.96. The second kappa shape index (κ2) is 5.70. The van der Waals surface area contributed by atoms with Crippen LogP contribution in [0.2, 0.25) is 0 Å². The number of aromatic nitrogens is 1. The van der Waals surface area contributed by atoms with E-state index in [0.717, 1.165) is 15.6 Å². The van der Waals surface area contributed by atoms with E-state index < -0.39 is 27.8 Å². The van der Waals surface area contributed by atoms with Crippen molar-refractivity contribution >= 4 is 59.6 Å². The normalized spacial score (nSPS) is 19.7. The van der Waals surface area contributed by atoms with Gasteiger partial charge in [-0.2, -0.15) is 4.31 Å². The van der Waals surface area contributed by atoms with Crippen LogP contribution < -0.4 is 5.32 Å². The molecule has 1 aliphatic heterocycles. The molecule has 3 aromatic rings. The topological polar surface area (TPSA) is 96.4 Å². The van der Waals surface area contributed by atoms with Crippen LogP contribution in [0.25, 0.3) is 10.1 Å². The number of hydrogen-bond donors (Lipinski definition) is 1. The number of carbonyl (C=O) groups excluding carboxylic acids is 2. The lowest BCUT2D eigenvalue weighted by molar-refractivity contribution is -0.118. The van der Waals surface area contributed by atoms with Gasteiger partial charge in [0.2, 0.25) is 15.8 Å². The van der Waals surface area contributed by atoms with Gasteiger partial charge in [-0.25, -0.2) is 13.4 Å². The number of carbonyl (C=O) groups is 2. The van der Waals surface area contributed by atoms with Crippen molar-refractivity contribution in [2.24, 2.45) is 0 Å². The van der Waals surface area contributed by atoms with Crippen LogP contribution >= 0.6 is 22.7 Å². The van der Waals surface area contributed by atoms with Crippen LogP contribution in [0.3, 0.4) is 0 Å². The van der Waals surface area contributed by atoms with E-state index in [0.29, 0.717) is 15.2 Å². The zero-order chi connectivity index (χ0) is 17.8. The van der Waals surface area contributed by atoms with E-state index >= 15 is 0 Å². The van der Waals surface area contributed by atoms with Gasteiger partial charge in [-0.05, 0) is 6.07 Å². The molecule has 3 heterocycles. The number of sulfonamides is 1. The Morgan fingerprint density at radius 2 is 2.08 bits per heavy atom. The van der Waals surface area contributed by atoms with E-state index in [-0.39, 0.29) is 9.77 Å². The average molecular weight is 393 g/mol. The Bertz CT molecular complexity index is 1100. The van der Waals surface area contributed by atoms with Crippen LogP contribution in [0.5, 0.6) is 0 Å². The summed E-state index contributed by atoms with van der Waals surface area (Å²) in [5.41, 5.74) is 0. The summed E-state index contributed by atoms with van der Waals surface area (Å²) in [7, 11) is -2.72. The number of thiophene rings is 1. The summed E-state index contributed by atoms with van der Waals surface area (Å²) in [6.07, 6.45) is 1.51. The number of ketones is 1. The molecule has 4 rings (SSSR count). The van der Waals surface area contributed by atoms with E-state index in [9.17, 15) is 18.0 Å². The van der Waals surface area contributed by atoms with Gasteiger partial charge in [0.1, 0.15) is 4.90 Å². The first-order valence-electron chi connectivity index (χ1n) is 7.15. The van der Waals surface area contributed by atoms with E-state index in [2.05, 4.69) is 10.3 Å². The van der Waals surface area contributed by atoms with Crippen LogP contribution in [0, 0.1) is 0 Å². The lowest BCUT2D eigenvalue weighted by atomic mass is 10.1. The quantitative estimate of drug-likeness (QED) is 0.673. The van der Waals surface area contributed by atoms with Crippen LogP contribution in [0.15, 0.2) is 40.7 Å². The van der Waals surface area contributed by atoms with Crippen LogP contribution in [0.4, 0.5) is 5.13 Å². The molecule has 128 valence electrons. The molecule has 0 bridgehead atoms. The van der Waals surface area contributed by atoms with Crippen molar-refractivity contribution in [3.63, 3.8) is 0 Å². The fourth-order valence-electron chi connectivity index (χ4n) is 2.76. The molecule has 0 saturated heterocycles. The van der Waals surface area contributed by atoms with Crippen molar-refractivity contribution in [3.8, 4) is 0 Å². The third kappa shape index (κ3) is 2.41. The number of rotatable bonds is 2. The molecular weight excluding hydrogens is 382 g/mol. The minimum Gasteiger partial charge on any atom is -0.300 e. The van der Waals surface area contributed by atoms with Gasteiger partial charge in [0, 0.05) is 28.7 Å². The highest BCUT2D eigenvalue weighted by molar-refractivity contribution is 7.89. The number of benzene rings is 1. The van der Waals surface area contributed by atoms with Crippen LogP contribution in [-0.4, -0.2) is 42.5 Å². The molecule has 1 N–H and O–H groups in total. The van der Waals surface area contributed by atoms with Crippen molar-refractivity contribution < 1.29 is 18.0 Å². The molecule has 1 amide bonds. The number of nitrogens with zero attached hydrogens (tertiary/aromatic N) is 2. The number of amides is 1. The first-order chi connectivity index (χ1) is 11.9. The zero-order valence-electron chi connectivity index (χ0n) is 12.8. The third-order valence-electron chi connectivity index (χ3n) is 3.93. The molecule has 2 aromatic heterocycles. The standard InChI is InChI=1S/C15H11N3O4S3/c1-18-10(14(20)17-15-16-6-7-23-15)11(19)12-13(25(18,21)22)8-4-2-3-5-9(8)24-12/h2-7,10H,1H3,(H,16,17,20). The lowest BCUT2D eigenvalue weighted by Gasteiger charge is -2.29. The molecule has 1 aromatic carbocycles. The van der Waals surface area contributed by atoms with Gasteiger partial charge in [0.25, 0.3) is 5.91 Å². The number of fused-ring (bicyclic) bond motifs is 3. The van der Waals surface area contributed by atoms with E-state index in [4.69, 9.17) is 0 Å². The summed E-state index contributed by atoms with van der Waals surface area (Å²) in [5.74, 6) is -1.24. The average Bonchev–Trinajstić information content (AvgIpc) is 3.20. The molecule has 25 heavy (non-hydrogen) atoms. The van der Waals surface area contributed by atoms with Gasteiger partial charge >= 0.3 is 0 Å². The molecule has 1 unspecified atom stereocenters. The number of hydrogen-bond acceptors (Lipinski definition) is 7. The van der Waals surface area contributed by atoms with Crippen LogP contribution in [-0.2, 0) is 14.8 Å². The molecule has 0 saturated carbocycles. The van der Waals surface area contributed by atoms with E-state index in [1.807, 2.05) is 0 Å². The second-order valence-corrected chi connectivity index (χ2v) is 9.25. The predicted octanol–water partition coefficient (Wildman–Crippen LogP) is 2.18. The van der Waals surface area contributed by atoms with Crippen LogP contribution in [0.1, 0.15) is 9.67 Å². The molecule has 7 nitrogen and oxygen atoms in total. The Balaban J connectivity index is 1.85. The minimum absolute atomic E-state index is 0.0149. The zero-order valence-corrected chi connectivity index (χ0v) is 15.2. The van der Waals surface area contributed by atoms with Crippen molar-refractivity contribution in [2.45, 2.75) is 10.9 Å². The highest BCUT2D eigenvalue weighted by Gasteiger charge is 2.47. The molecule has 1 atom stereocenters. The summed E-state index contributed by atoms with van der Waals surface area (Å²) < 4.78 is 27.4. The Morgan fingerprint density at radius 3 is 2.80 bits per heavy atom. The number of likely N-dealkylation sites (N-methyl/N-ethyl adjacent to an activating group) is 1. The Kier molecular flexibility index (Phi) is 3.72. The second-order valence-electron chi connectivity index (χ2n) is 5.37. The van der Waals surface area contributed by atoms with Gasteiger partial charge in [-0.15, -0.1) is 22.7 Å². The highest BCUT2D eigenvalue weighted by atomic mass is 32.2. The van der Waals surface area contributed by atoms with Gasteiger partial charge < -0.3 is 5.32 Å². The molecule has 0 fully saturated rings. The number of anilines is 1. The first-order valence-corrected chi connectivity index (χ1v) is 10.3. The molecule has 0 radical (unpaired) electrons. The summed E-state index contributed by atoms with van der Waals surface area (Å²) in [5, 5.41) is 4.98. The van der Waals surface area contributed by atoms with Gasteiger partial charge in [-0.1, -0.05) is 18.2 Å². The van der Waals surface area contributed by atoms with Gasteiger partial charge in [0.05, 0.1) is 4.88 Å². The fourth-order valence-corrected chi connectivity index (χ4v) is 6.40. The highest BCUT2D eigenvalue weighted by Crippen LogP contribution is 2.40. The predicted molar refractivity (Wildman–Crippen MR) is 95.6 cm³/mol. The Labute approximate surface area is 151 Å². The molecule has 1 aliphatic rings. The SMILES string of the molecule is CN1C(C(=O)Nc2nccs2)C(=O)c2sc3ccccc3c2S1(=O)=O. The summed E-state index contributed by atoms with van der Waals surface area (Å²) >= 11 is 2.28. The monoisotopic (exact) mass is 393 g/mol. The van der Waals surface area contributed by atoms with Crippen molar-refractivity contribution in [1.29, 1.82) is 0 Å². The molecular formula is C15H11N3O4S3. The summed E-state index contributed by atoms with van der Waals surface area (Å²) in [6.45, 7) is 0. The molecule has 10 heteroatoms. The Morgan fingerprint density at radius 1 is 1.32 bits per heavy atom. The third-order valence-corrected chi connectivity index (χ3v) is 7.85. The van der Waals surface area contributed by atoms with E-state index in [1.54, 1.807) is 29.6 Å². The van der Waals surface area contributed by atoms with Crippen molar-refractivity contribution in [2.75, 3.05) is 12.4 Å². The maximum atomic E-state index is 12.9. The number of thiazole rings is 1. The molecule has 0 spiro atoms. The fraction of sp³-hybridized carbons (Fsp3) is 0.133.